The molecule has 138 valence electrons. The van der Waals surface area contributed by atoms with E-state index < -0.39 is 0 Å². The van der Waals surface area contributed by atoms with Gasteiger partial charge in [0.05, 0.1) is 10.9 Å². The largest absolute Gasteiger partial charge is 0.396 e. The van der Waals surface area contributed by atoms with Crippen LogP contribution in [0.15, 0.2) is 23.0 Å². The Kier molecular flexibility index (Phi) is 4.44. The molecule has 0 saturated heterocycles. The van der Waals surface area contributed by atoms with Crippen molar-refractivity contribution in [2.75, 3.05) is 6.61 Å². The van der Waals surface area contributed by atoms with E-state index in [0.29, 0.717) is 39.6 Å². The van der Waals surface area contributed by atoms with Gasteiger partial charge >= 0.3 is 0 Å². The highest BCUT2D eigenvalue weighted by atomic mass is 32.1. The number of benzene rings is 1. The molecule has 2 fully saturated rings. The van der Waals surface area contributed by atoms with Gasteiger partial charge in [-0.3, -0.25) is 14.2 Å². The quantitative estimate of drug-likeness (QED) is 0.717. The van der Waals surface area contributed by atoms with Crippen LogP contribution in [0, 0.1) is 22.5 Å². The number of hydrogen-bond acceptors (Lipinski definition) is 4. The zero-order chi connectivity index (χ0) is 18.4. The van der Waals surface area contributed by atoms with E-state index in [1.54, 1.807) is 18.2 Å². The van der Waals surface area contributed by atoms with Crippen molar-refractivity contribution in [1.29, 1.82) is 0 Å². The summed E-state index contributed by atoms with van der Waals surface area (Å²) < 4.78 is 1.86. The molecule has 1 amide bonds. The first kappa shape index (κ1) is 17.4. The first-order valence-electron chi connectivity index (χ1n) is 9.22. The molecule has 3 N–H and O–H groups in total. The SMILES string of the molecule is CCn1c(=S)[nH]c2cc(C(=O)N[C@@H]3[C@H]4CC[C@@H](C4)[C@H]3CO)ccc2c1=O. The van der Waals surface area contributed by atoms with Crippen LogP contribution < -0.4 is 10.9 Å². The van der Waals surface area contributed by atoms with Gasteiger partial charge in [0.1, 0.15) is 0 Å². The number of nitrogens with zero attached hydrogens (tertiary/aromatic N) is 1. The Hall–Kier alpha value is -1.99. The van der Waals surface area contributed by atoms with Gasteiger partial charge in [-0.2, -0.15) is 0 Å². The highest BCUT2D eigenvalue weighted by Gasteiger charge is 2.47. The lowest BCUT2D eigenvalue weighted by molar-refractivity contribution is 0.0861. The summed E-state index contributed by atoms with van der Waals surface area (Å²) in [7, 11) is 0. The van der Waals surface area contributed by atoms with Crippen LogP contribution in [0.25, 0.3) is 10.9 Å². The van der Waals surface area contributed by atoms with Gasteiger partial charge < -0.3 is 15.4 Å². The van der Waals surface area contributed by atoms with Crippen LogP contribution in [0.4, 0.5) is 0 Å². The second kappa shape index (κ2) is 6.63. The van der Waals surface area contributed by atoms with Crippen molar-refractivity contribution in [3.05, 3.63) is 38.9 Å². The van der Waals surface area contributed by atoms with Gasteiger partial charge in [-0.05, 0) is 68.4 Å². The third-order valence-corrected chi connectivity index (χ3v) is 6.48. The van der Waals surface area contributed by atoms with Crippen molar-refractivity contribution in [3.63, 3.8) is 0 Å². The average Bonchev–Trinajstić information content (AvgIpc) is 3.23. The Morgan fingerprint density at radius 2 is 2.15 bits per heavy atom. The predicted molar refractivity (Wildman–Crippen MR) is 102 cm³/mol. The molecule has 0 aliphatic heterocycles. The number of aliphatic hydroxyl groups excluding tert-OH is 1. The fraction of sp³-hybridized carbons (Fsp3) is 0.526. The first-order chi connectivity index (χ1) is 12.5. The number of aromatic amines is 1. The van der Waals surface area contributed by atoms with E-state index in [4.69, 9.17) is 12.2 Å². The number of carbonyl (C=O) groups is 1. The summed E-state index contributed by atoms with van der Waals surface area (Å²) in [6.45, 7) is 2.48. The molecule has 2 aliphatic carbocycles. The van der Waals surface area contributed by atoms with E-state index in [1.807, 2.05) is 6.92 Å². The normalized spacial score (nSPS) is 27.2. The molecular formula is C19H23N3O3S. The topological polar surface area (TPSA) is 87.1 Å². The molecule has 0 unspecified atom stereocenters. The summed E-state index contributed by atoms with van der Waals surface area (Å²) in [6.07, 6.45) is 3.36. The molecule has 4 atom stereocenters. The van der Waals surface area contributed by atoms with Crippen LogP contribution in [0.5, 0.6) is 0 Å². The Bertz CT molecular complexity index is 980. The number of nitrogens with one attached hydrogen (secondary N) is 2. The molecule has 7 heteroatoms. The third kappa shape index (κ3) is 2.70. The minimum absolute atomic E-state index is 0.0357. The Morgan fingerprint density at radius 1 is 1.38 bits per heavy atom. The highest BCUT2D eigenvalue weighted by molar-refractivity contribution is 7.71. The minimum atomic E-state index is -0.165. The Morgan fingerprint density at radius 3 is 2.88 bits per heavy atom. The van der Waals surface area contributed by atoms with E-state index in [1.165, 1.54) is 4.57 Å². The molecule has 26 heavy (non-hydrogen) atoms. The van der Waals surface area contributed by atoms with Gasteiger partial charge in [0.15, 0.2) is 4.77 Å². The third-order valence-electron chi connectivity index (χ3n) is 6.16. The molecule has 1 heterocycles. The standard InChI is InChI=1S/C19H23N3O3S/c1-2-22-18(25)13-6-5-12(8-15(13)20-19(22)26)17(24)21-16-11-4-3-10(7-11)14(16)9-23/h5-6,8,10-11,14,16,23H,2-4,7,9H2,1H3,(H,20,26)(H,21,24)/t10-,11-,14+,16+/m0/s1. The summed E-state index contributed by atoms with van der Waals surface area (Å²) >= 11 is 5.24. The molecule has 2 bridgehead atoms. The highest BCUT2D eigenvalue weighted by Crippen LogP contribution is 2.48. The second-order valence-corrected chi connectivity index (χ2v) is 7.81. The zero-order valence-electron chi connectivity index (χ0n) is 14.7. The molecular weight excluding hydrogens is 350 g/mol. The van der Waals surface area contributed by atoms with E-state index in [-0.39, 0.29) is 30.0 Å². The predicted octanol–water partition coefficient (Wildman–Crippen LogP) is 2.22. The summed E-state index contributed by atoms with van der Waals surface area (Å²) in [6, 6.07) is 5.07. The summed E-state index contributed by atoms with van der Waals surface area (Å²) in [4.78, 5) is 28.3. The van der Waals surface area contributed by atoms with Gasteiger partial charge in [0.25, 0.3) is 11.5 Å². The van der Waals surface area contributed by atoms with Crippen molar-refractivity contribution in [2.45, 2.75) is 38.8 Å². The maximum Gasteiger partial charge on any atom is 0.262 e. The molecule has 1 aromatic carbocycles. The number of fused-ring (bicyclic) bond motifs is 3. The number of amides is 1. The van der Waals surface area contributed by atoms with Crippen molar-refractivity contribution in [3.8, 4) is 0 Å². The average molecular weight is 373 g/mol. The summed E-state index contributed by atoms with van der Waals surface area (Å²) in [5.41, 5.74) is 0.923. The zero-order valence-corrected chi connectivity index (χ0v) is 15.5. The Labute approximate surface area is 156 Å². The molecule has 0 spiro atoms. The van der Waals surface area contributed by atoms with Crippen molar-refractivity contribution in [2.24, 2.45) is 17.8 Å². The van der Waals surface area contributed by atoms with Crippen molar-refractivity contribution >= 4 is 29.0 Å². The number of H-pyrrole nitrogens is 1. The van der Waals surface area contributed by atoms with Gasteiger partial charge in [-0.25, -0.2) is 0 Å². The maximum atomic E-state index is 12.8. The van der Waals surface area contributed by atoms with E-state index in [0.717, 1.165) is 19.3 Å². The maximum absolute atomic E-state index is 12.8. The second-order valence-electron chi connectivity index (χ2n) is 7.42. The fourth-order valence-electron chi connectivity index (χ4n) is 4.82. The van der Waals surface area contributed by atoms with Gasteiger partial charge in [0.2, 0.25) is 0 Å². The molecule has 2 aliphatic rings. The molecule has 6 nitrogen and oxygen atoms in total. The van der Waals surface area contributed by atoms with Crippen LogP contribution in [0.1, 0.15) is 36.5 Å². The Balaban J connectivity index is 1.63. The number of aromatic nitrogens is 2. The fourth-order valence-corrected chi connectivity index (χ4v) is 5.14. The first-order valence-corrected chi connectivity index (χ1v) is 9.63. The van der Waals surface area contributed by atoms with Crippen LogP contribution in [0.3, 0.4) is 0 Å². The summed E-state index contributed by atoms with van der Waals surface area (Å²) in [5.74, 6) is 0.974. The van der Waals surface area contributed by atoms with Gasteiger partial charge in [-0.15, -0.1) is 0 Å². The summed E-state index contributed by atoms with van der Waals surface area (Å²) in [5, 5.41) is 13.3. The van der Waals surface area contributed by atoms with Gasteiger partial charge in [-0.1, -0.05) is 0 Å². The monoisotopic (exact) mass is 373 g/mol. The number of carbonyl (C=O) groups excluding carboxylic acids is 1. The van der Waals surface area contributed by atoms with Crippen molar-refractivity contribution < 1.29 is 9.90 Å². The van der Waals surface area contributed by atoms with Crippen LogP contribution >= 0.6 is 12.2 Å². The van der Waals surface area contributed by atoms with Gasteiger partial charge in [0, 0.05) is 30.7 Å². The lowest BCUT2D eigenvalue weighted by Gasteiger charge is -2.30. The minimum Gasteiger partial charge on any atom is -0.396 e. The lowest BCUT2D eigenvalue weighted by Crippen LogP contribution is -2.45. The molecule has 1 aromatic heterocycles. The number of hydrogen-bond donors (Lipinski definition) is 3. The van der Waals surface area contributed by atoms with Crippen LogP contribution in [-0.4, -0.2) is 33.2 Å². The number of rotatable bonds is 4. The van der Waals surface area contributed by atoms with Crippen LogP contribution in [-0.2, 0) is 6.54 Å². The van der Waals surface area contributed by atoms with E-state index in [2.05, 4.69) is 10.3 Å². The molecule has 4 rings (SSSR count). The van der Waals surface area contributed by atoms with Crippen LogP contribution in [0.2, 0.25) is 0 Å². The molecule has 2 saturated carbocycles. The lowest BCUT2D eigenvalue weighted by atomic mass is 9.85. The number of aliphatic hydroxyl groups is 1. The smallest absolute Gasteiger partial charge is 0.262 e. The van der Waals surface area contributed by atoms with E-state index >= 15 is 0 Å². The van der Waals surface area contributed by atoms with Crippen molar-refractivity contribution in [1.82, 2.24) is 14.9 Å². The molecule has 0 radical (unpaired) electrons. The molecule has 2 aromatic rings. The van der Waals surface area contributed by atoms with E-state index in [9.17, 15) is 14.7 Å².